The van der Waals surface area contributed by atoms with Crippen LogP contribution in [0.2, 0.25) is 0 Å². The highest BCUT2D eigenvalue weighted by atomic mass is 19.1. The highest BCUT2D eigenvalue weighted by Gasteiger charge is 2.21. The maximum atomic E-state index is 13.2. The second-order valence-electron chi connectivity index (χ2n) is 6.03. The van der Waals surface area contributed by atoms with Gasteiger partial charge >= 0.3 is 0 Å². The average Bonchev–Trinajstić information content (AvgIpc) is 2.55. The Hall–Kier alpha value is -2.27. The summed E-state index contributed by atoms with van der Waals surface area (Å²) in [5.41, 5.74) is 1.59. The smallest absolute Gasteiger partial charge is 0.227 e. The number of rotatable bonds is 7. The Labute approximate surface area is 141 Å². The lowest BCUT2D eigenvalue weighted by atomic mass is 9.91. The van der Waals surface area contributed by atoms with E-state index < -0.39 is 5.92 Å². The molecule has 24 heavy (non-hydrogen) atoms. The van der Waals surface area contributed by atoms with Crippen LogP contribution in [0.15, 0.2) is 48.5 Å². The van der Waals surface area contributed by atoms with Crippen LogP contribution in [0, 0.1) is 11.6 Å². The molecule has 0 aliphatic rings. The molecule has 2 aromatic rings. The summed E-state index contributed by atoms with van der Waals surface area (Å²) in [5.74, 6) is -1.22. The summed E-state index contributed by atoms with van der Waals surface area (Å²) in [7, 11) is 3.87. The molecule has 0 fully saturated rings. The number of carbonyl (C=O) groups is 1. The van der Waals surface area contributed by atoms with E-state index in [1.165, 1.54) is 24.3 Å². The quantitative estimate of drug-likeness (QED) is 0.845. The third-order valence-corrected chi connectivity index (χ3v) is 3.80. The highest BCUT2D eigenvalue weighted by Crippen LogP contribution is 2.22. The van der Waals surface area contributed by atoms with Crippen LogP contribution in [-0.2, 0) is 11.2 Å². The second kappa shape index (κ2) is 8.55. The van der Waals surface area contributed by atoms with E-state index >= 15 is 0 Å². The van der Waals surface area contributed by atoms with Crippen LogP contribution in [0.25, 0.3) is 0 Å². The molecule has 2 aromatic carbocycles. The predicted molar refractivity (Wildman–Crippen MR) is 90.8 cm³/mol. The van der Waals surface area contributed by atoms with Crippen LogP contribution in [0.3, 0.4) is 0 Å². The van der Waals surface area contributed by atoms with E-state index in [0.29, 0.717) is 13.0 Å². The van der Waals surface area contributed by atoms with Gasteiger partial charge in [-0.3, -0.25) is 4.79 Å². The topological polar surface area (TPSA) is 32.3 Å². The van der Waals surface area contributed by atoms with Crippen molar-refractivity contribution in [2.24, 2.45) is 0 Å². The van der Waals surface area contributed by atoms with Gasteiger partial charge in [0.25, 0.3) is 0 Å². The van der Waals surface area contributed by atoms with Gasteiger partial charge in [-0.05, 0) is 55.9 Å². The molecule has 0 aromatic heterocycles. The molecule has 0 spiro atoms. The molecule has 0 aliphatic heterocycles. The molecule has 2 rings (SSSR count). The molecule has 1 unspecified atom stereocenters. The molecule has 0 heterocycles. The molecular weight excluding hydrogens is 310 g/mol. The molecule has 0 bridgehead atoms. The number of likely N-dealkylation sites (N-methyl/N-ethyl adjacent to an activating group) is 1. The summed E-state index contributed by atoms with van der Waals surface area (Å²) in [5, 5.41) is 2.91. The van der Waals surface area contributed by atoms with E-state index in [2.05, 4.69) is 5.32 Å². The maximum absolute atomic E-state index is 13.2. The maximum Gasteiger partial charge on any atom is 0.227 e. The fraction of sp³-hybridized carbons (Fsp3) is 0.316. The Bertz CT molecular complexity index is 654. The number of carbonyl (C=O) groups excluding carboxylic acids is 1. The molecule has 0 saturated carbocycles. The lowest BCUT2D eigenvalue weighted by Crippen LogP contribution is -2.35. The number of halogens is 2. The van der Waals surface area contributed by atoms with Crippen LogP contribution in [0.1, 0.15) is 17.0 Å². The first kappa shape index (κ1) is 18.1. The van der Waals surface area contributed by atoms with Crippen molar-refractivity contribution < 1.29 is 13.6 Å². The normalized spacial score (nSPS) is 12.2. The largest absolute Gasteiger partial charge is 0.354 e. The molecule has 1 amide bonds. The monoisotopic (exact) mass is 332 g/mol. The van der Waals surface area contributed by atoms with Crippen molar-refractivity contribution in [3.8, 4) is 0 Å². The molecule has 5 heteroatoms. The Morgan fingerprint density at radius 2 is 1.54 bits per heavy atom. The number of hydrogen-bond acceptors (Lipinski definition) is 2. The number of benzene rings is 2. The molecular formula is C19H22F2N2O. The summed E-state index contributed by atoms with van der Waals surface area (Å²) in [6.45, 7) is 1.27. The van der Waals surface area contributed by atoms with Gasteiger partial charge in [0.1, 0.15) is 11.6 Å². The van der Waals surface area contributed by atoms with Crippen molar-refractivity contribution in [1.82, 2.24) is 10.2 Å². The zero-order valence-electron chi connectivity index (χ0n) is 13.9. The first-order valence-corrected chi connectivity index (χ1v) is 7.88. The van der Waals surface area contributed by atoms with Crippen LogP contribution in [0.4, 0.5) is 8.78 Å². The zero-order valence-corrected chi connectivity index (χ0v) is 13.9. The molecule has 0 radical (unpaired) electrons. The van der Waals surface area contributed by atoms with Crippen LogP contribution in [-0.4, -0.2) is 38.0 Å². The SMILES string of the molecule is CN(C)CCNC(=O)C(Cc1ccc(F)cc1)c1ccc(F)cc1. The minimum atomic E-state index is -0.446. The fourth-order valence-electron chi connectivity index (χ4n) is 2.44. The fourth-order valence-corrected chi connectivity index (χ4v) is 2.44. The average molecular weight is 332 g/mol. The minimum absolute atomic E-state index is 0.118. The van der Waals surface area contributed by atoms with E-state index in [9.17, 15) is 13.6 Å². The van der Waals surface area contributed by atoms with Crippen molar-refractivity contribution in [1.29, 1.82) is 0 Å². The number of hydrogen-bond donors (Lipinski definition) is 1. The van der Waals surface area contributed by atoms with Crippen molar-refractivity contribution in [2.75, 3.05) is 27.2 Å². The van der Waals surface area contributed by atoms with Crippen molar-refractivity contribution in [3.63, 3.8) is 0 Å². The lowest BCUT2D eigenvalue weighted by Gasteiger charge is -2.18. The van der Waals surface area contributed by atoms with Crippen LogP contribution < -0.4 is 5.32 Å². The summed E-state index contributed by atoms with van der Waals surface area (Å²) in [6, 6.07) is 12.0. The summed E-state index contributed by atoms with van der Waals surface area (Å²) in [4.78, 5) is 14.6. The van der Waals surface area contributed by atoms with Crippen molar-refractivity contribution >= 4 is 5.91 Å². The zero-order chi connectivity index (χ0) is 17.5. The van der Waals surface area contributed by atoms with Gasteiger partial charge < -0.3 is 10.2 Å². The second-order valence-corrected chi connectivity index (χ2v) is 6.03. The summed E-state index contributed by atoms with van der Waals surface area (Å²) >= 11 is 0. The van der Waals surface area contributed by atoms with Gasteiger partial charge in [0.2, 0.25) is 5.91 Å². The van der Waals surface area contributed by atoms with Crippen molar-refractivity contribution in [3.05, 3.63) is 71.3 Å². The van der Waals surface area contributed by atoms with Gasteiger partial charge in [0, 0.05) is 13.1 Å². The minimum Gasteiger partial charge on any atom is -0.354 e. The molecule has 0 aliphatic carbocycles. The van der Waals surface area contributed by atoms with Gasteiger partial charge in [-0.15, -0.1) is 0 Å². The molecule has 3 nitrogen and oxygen atoms in total. The van der Waals surface area contributed by atoms with E-state index in [0.717, 1.165) is 17.7 Å². The molecule has 1 N–H and O–H groups in total. The molecule has 128 valence electrons. The third-order valence-electron chi connectivity index (χ3n) is 3.80. The van der Waals surface area contributed by atoms with E-state index in [1.807, 2.05) is 19.0 Å². The van der Waals surface area contributed by atoms with E-state index in [-0.39, 0.29) is 17.5 Å². The number of amides is 1. The standard InChI is InChI=1S/C19H22F2N2O/c1-23(2)12-11-22-19(24)18(15-5-9-17(21)10-6-15)13-14-3-7-16(20)8-4-14/h3-10,18H,11-13H2,1-2H3,(H,22,24). The Kier molecular flexibility index (Phi) is 6.44. The number of nitrogens with zero attached hydrogens (tertiary/aromatic N) is 1. The summed E-state index contributed by atoms with van der Waals surface area (Å²) in [6.07, 6.45) is 0.430. The van der Waals surface area contributed by atoms with Crippen LogP contribution >= 0.6 is 0 Å². The first-order chi connectivity index (χ1) is 11.5. The molecule has 0 saturated heterocycles. The van der Waals surface area contributed by atoms with E-state index in [1.54, 1.807) is 24.3 Å². The van der Waals surface area contributed by atoms with Crippen molar-refractivity contribution in [2.45, 2.75) is 12.3 Å². The van der Waals surface area contributed by atoms with Gasteiger partial charge in [0.05, 0.1) is 5.92 Å². The van der Waals surface area contributed by atoms with Crippen LogP contribution in [0.5, 0.6) is 0 Å². The molecule has 1 atom stereocenters. The first-order valence-electron chi connectivity index (χ1n) is 7.88. The Morgan fingerprint density at radius 1 is 1.00 bits per heavy atom. The van der Waals surface area contributed by atoms with Gasteiger partial charge in [-0.25, -0.2) is 8.78 Å². The highest BCUT2D eigenvalue weighted by molar-refractivity contribution is 5.84. The Morgan fingerprint density at radius 3 is 2.08 bits per heavy atom. The van der Waals surface area contributed by atoms with E-state index in [4.69, 9.17) is 0 Å². The number of nitrogens with one attached hydrogen (secondary N) is 1. The van der Waals surface area contributed by atoms with Gasteiger partial charge in [-0.1, -0.05) is 24.3 Å². The Balaban J connectivity index is 2.15. The van der Waals surface area contributed by atoms with Gasteiger partial charge in [-0.2, -0.15) is 0 Å². The lowest BCUT2D eigenvalue weighted by molar-refractivity contribution is -0.122. The predicted octanol–water partition coefficient (Wildman–Crippen LogP) is 2.97. The third kappa shape index (κ3) is 5.42. The summed E-state index contributed by atoms with van der Waals surface area (Å²) < 4.78 is 26.2. The van der Waals surface area contributed by atoms with Gasteiger partial charge in [0.15, 0.2) is 0 Å².